The molecule has 0 bridgehead atoms. The first-order chi connectivity index (χ1) is 18.1. The Hall–Kier alpha value is -3.44. The topological polar surface area (TPSA) is 83.8 Å². The lowest BCUT2D eigenvalue weighted by Crippen LogP contribution is -2.39. The predicted octanol–water partition coefficient (Wildman–Crippen LogP) is 5.66. The average Bonchev–Trinajstić information content (AvgIpc) is 3.15. The van der Waals surface area contributed by atoms with Crippen LogP contribution in [0.2, 0.25) is 0 Å². The molecule has 4 rings (SSSR count). The van der Waals surface area contributed by atoms with E-state index in [1.807, 2.05) is 19.9 Å². The maximum Gasteiger partial charge on any atom is 0.264 e. The van der Waals surface area contributed by atoms with Crippen molar-refractivity contribution in [1.82, 2.24) is 9.99 Å². The fourth-order valence-electron chi connectivity index (χ4n) is 4.38. The van der Waals surface area contributed by atoms with Crippen LogP contribution in [0.1, 0.15) is 28.1 Å². The average molecular weight is 641 g/mol. The minimum absolute atomic E-state index is 0.105. The Labute approximate surface area is 237 Å². The number of hydrazone groups is 1. The number of hydrogen-bond donors (Lipinski definition) is 1. The van der Waals surface area contributed by atoms with Crippen LogP contribution >= 0.6 is 22.6 Å². The molecule has 0 fully saturated rings. The summed E-state index contributed by atoms with van der Waals surface area (Å²) in [6.07, 6.45) is 1.58. The summed E-state index contributed by atoms with van der Waals surface area (Å²) in [6.45, 7) is 7.74. The van der Waals surface area contributed by atoms with Gasteiger partial charge in [0.2, 0.25) is 0 Å². The van der Waals surface area contributed by atoms with Crippen LogP contribution < -0.4 is 9.73 Å². The Morgan fingerprint density at radius 2 is 1.58 bits per heavy atom. The van der Waals surface area contributed by atoms with Gasteiger partial charge in [0.15, 0.2) is 0 Å². The molecule has 0 saturated heterocycles. The molecule has 0 saturated carbocycles. The van der Waals surface area contributed by atoms with Crippen molar-refractivity contribution < 1.29 is 13.2 Å². The molecule has 1 heterocycles. The van der Waals surface area contributed by atoms with E-state index in [9.17, 15) is 13.2 Å². The Kier molecular flexibility index (Phi) is 8.37. The molecule has 7 nitrogen and oxygen atoms in total. The molecule has 0 radical (unpaired) electrons. The highest BCUT2D eigenvalue weighted by Crippen LogP contribution is 2.25. The number of carbonyl (C=O) groups excluding carboxylic acids is 1. The van der Waals surface area contributed by atoms with Crippen LogP contribution in [0.15, 0.2) is 88.9 Å². The quantitative estimate of drug-likeness (QED) is 0.153. The number of rotatable bonds is 8. The Morgan fingerprint density at radius 3 is 2.21 bits per heavy atom. The Bertz CT molecular complexity index is 1570. The van der Waals surface area contributed by atoms with Gasteiger partial charge in [-0.05, 0) is 116 Å². The molecule has 4 aromatic rings. The molecule has 1 N–H and O–H groups in total. The van der Waals surface area contributed by atoms with Crippen LogP contribution in [0.4, 0.5) is 5.69 Å². The number of nitrogens with one attached hydrogen (secondary N) is 1. The molecule has 3 aromatic carbocycles. The molecule has 0 aliphatic carbocycles. The van der Waals surface area contributed by atoms with E-state index in [4.69, 9.17) is 0 Å². The zero-order valence-electron chi connectivity index (χ0n) is 21.6. The van der Waals surface area contributed by atoms with Gasteiger partial charge < -0.3 is 4.57 Å². The normalized spacial score (nSPS) is 11.6. The molecule has 1 amide bonds. The monoisotopic (exact) mass is 640 g/mol. The first kappa shape index (κ1) is 27.6. The van der Waals surface area contributed by atoms with Gasteiger partial charge in [0, 0.05) is 26.2 Å². The lowest BCUT2D eigenvalue weighted by molar-refractivity contribution is -0.119. The van der Waals surface area contributed by atoms with Crippen LogP contribution in [-0.2, 0) is 14.8 Å². The first-order valence-electron chi connectivity index (χ1n) is 12.0. The third kappa shape index (κ3) is 6.16. The molecular formula is C29H29IN4O3S. The largest absolute Gasteiger partial charge is 0.318 e. The zero-order chi connectivity index (χ0) is 27.4. The van der Waals surface area contributed by atoms with Gasteiger partial charge in [0.25, 0.3) is 15.9 Å². The summed E-state index contributed by atoms with van der Waals surface area (Å²) < 4.78 is 31.0. The van der Waals surface area contributed by atoms with Gasteiger partial charge in [0.05, 0.1) is 16.8 Å². The lowest BCUT2D eigenvalue weighted by Gasteiger charge is -2.23. The number of aryl methyl sites for hydroxylation is 3. The Morgan fingerprint density at radius 1 is 0.947 bits per heavy atom. The van der Waals surface area contributed by atoms with Crippen LogP contribution in [0.5, 0.6) is 0 Å². The molecule has 0 spiro atoms. The molecule has 1 aromatic heterocycles. The second-order valence-electron chi connectivity index (χ2n) is 9.10. The van der Waals surface area contributed by atoms with Crippen LogP contribution in [0, 0.1) is 31.3 Å². The highest BCUT2D eigenvalue weighted by molar-refractivity contribution is 14.1. The summed E-state index contributed by atoms with van der Waals surface area (Å²) in [5.74, 6) is -0.553. The van der Waals surface area contributed by atoms with Crippen LogP contribution in [0.25, 0.3) is 5.69 Å². The first-order valence-corrected chi connectivity index (χ1v) is 14.5. The van der Waals surface area contributed by atoms with E-state index in [-0.39, 0.29) is 4.90 Å². The summed E-state index contributed by atoms with van der Waals surface area (Å²) in [7, 11) is -3.97. The van der Waals surface area contributed by atoms with Crippen molar-refractivity contribution in [1.29, 1.82) is 0 Å². The number of amides is 1. The fourth-order valence-corrected chi connectivity index (χ4v) is 6.18. The van der Waals surface area contributed by atoms with Gasteiger partial charge in [0.1, 0.15) is 6.54 Å². The summed E-state index contributed by atoms with van der Waals surface area (Å²) in [6, 6.07) is 23.4. The molecular weight excluding hydrogens is 611 g/mol. The molecule has 196 valence electrons. The van der Waals surface area contributed by atoms with Gasteiger partial charge in [-0.1, -0.05) is 24.3 Å². The van der Waals surface area contributed by atoms with Crippen molar-refractivity contribution in [3.63, 3.8) is 0 Å². The van der Waals surface area contributed by atoms with E-state index in [1.165, 1.54) is 23.3 Å². The van der Waals surface area contributed by atoms with Gasteiger partial charge >= 0.3 is 0 Å². The lowest BCUT2D eigenvalue weighted by atomic mass is 10.1. The maximum atomic E-state index is 13.4. The van der Waals surface area contributed by atoms with Gasteiger partial charge in [-0.25, -0.2) is 13.8 Å². The molecule has 0 aliphatic heterocycles. The minimum atomic E-state index is -3.97. The SMILES string of the molecule is Cc1cc(C)cc(-n2c(C)cc(/C=N\NC(=O)CN(c3ccc(I)cc3)S(=O)(=O)c3ccccc3)c2C)c1. The van der Waals surface area contributed by atoms with E-state index >= 15 is 0 Å². The van der Waals surface area contributed by atoms with E-state index in [2.05, 4.69) is 69.7 Å². The van der Waals surface area contributed by atoms with E-state index in [1.54, 1.807) is 48.7 Å². The second-order valence-corrected chi connectivity index (χ2v) is 12.2. The number of hydrogen-bond acceptors (Lipinski definition) is 4. The van der Waals surface area contributed by atoms with Crippen molar-refractivity contribution in [3.05, 3.63) is 111 Å². The fraction of sp³-hybridized carbons (Fsp3) is 0.172. The van der Waals surface area contributed by atoms with Crippen LogP contribution in [0.3, 0.4) is 0 Å². The number of sulfonamides is 1. The predicted molar refractivity (Wildman–Crippen MR) is 161 cm³/mol. The highest BCUT2D eigenvalue weighted by atomic mass is 127. The van der Waals surface area contributed by atoms with Crippen molar-refractivity contribution >= 4 is 50.4 Å². The highest BCUT2D eigenvalue weighted by Gasteiger charge is 2.27. The molecule has 38 heavy (non-hydrogen) atoms. The van der Waals surface area contributed by atoms with Crippen molar-refractivity contribution in [3.8, 4) is 5.69 Å². The third-order valence-electron chi connectivity index (χ3n) is 6.06. The maximum absolute atomic E-state index is 13.4. The molecule has 9 heteroatoms. The number of aromatic nitrogens is 1. The summed E-state index contributed by atoms with van der Waals surface area (Å²) in [5.41, 5.74) is 9.20. The number of benzene rings is 3. The van der Waals surface area contributed by atoms with E-state index < -0.39 is 22.5 Å². The zero-order valence-corrected chi connectivity index (χ0v) is 24.6. The smallest absolute Gasteiger partial charge is 0.264 e. The standard InChI is InChI=1S/C29H29IN4O3S/c1-20-14-21(2)16-27(15-20)34-22(3)17-24(23(34)4)18-31-32-29(35)19-33(26-12-10-25(30)11-13-26)38(36,37)28-8-6-5-7-9-28/h5-18H,19H2,1-4H3,(H,32,35)/b31-18-. The van der Waals surface area contributed by atoms with Crippen molar-refractivity contribution in [2.45, 2.75) is 32.6 Å². The van der Waals surface area contributed by atoms with Gasteiger partial charge in [-0.15, -0.1) is 0 Å². The second kappa shape index (κ2) is 11.5. The Balaban J connectivity index is 1.55. The van der Waals surface area contributed by atoms with E-state index in [0.29, 0.717) is 5.69 Å². The van der Waals surface area contributed by atoms with Crippen LogP contribution in [-0.4, -0.2) is 31.7 Å². The minimum Gasteiger partial charge on any atom is -0.318 e. The van der Waals surface area contributed by atoms with Crippen molar-refractivity contribution in [2.75, 3.05) is 10.8 Å². The number of nitrogens with zero attached hydrogens (tertiary/aromatic N) is 3. The van der Waals surface area contributed by atoms with E-state index in [0.717, 1.165) is 30.5 Å². The summed E-state index contributed by atoms with van der Waals surface area (Å²) in [4.78, 5) is 13.0. The molecule has 0 unspecified atom stereocenters. The summed E-state index contributed by atoms with van der Waals surface area (Å²) in [5, 5.41) is 4.14. The van der Waals surface area contributed by atoms with Crippen molar-refractivity contribution in [2.24, 2.45) is 5.10 Å². The molecule has 0 aliphatic rings. The molecule has 0 atom stereocenters. The van der Waals surface area contributed by atoms with Gasteiger partial charge in [-0.2, -0.15) is 5.10 Å². The summed E-state index contributed by atoms with van der Waals surface area (Å²) >= 11 is 2.15. The third-order valence-corrected chi connectivity index (χ3v) is 8.57. The number of anilines is 1. The van der Waals surface area contributed by atoms with Gasteiger partial charge in [-0.3, -0.25) is 9.10 Å². The number of halogens is 1. The number of carbonyl (C=O) groups is 1.